The van der Waals surface area contributed by atoms with E-state index < -0.39 is 22.6 Å². The zero-order chi connectivity index (χ0) is 12.8. The van der Waals surface area contributed by atoms with E-state index in [0.717, 1.165) is 5.56 Å². The Balaban J connectivity index is 2.86. The van der Waals surface area contributed by atoms with Gasteiger partial charge >= 0.3 is 12.1 Å². The number of rotatable bonds is 1. The molecule has 90 valence electrons. The maximum absolute atomic E-state index is 12.8. The van der Waals surface area contributed by atoms with Crippen molar-refractivity contribution in [2.75, 3.05) is 0 Å². The molecule has 0 saturated heterocycles. The van der Waals surface area contributed by atoms with Gasteiger partial charge in [0.1, 0.15) is 4.88 Å². The van der Waals surface area contributed by atoms with E-state index in [-0.39, 0.29) is 5.39 Å². The molecule has 2 aromatic rings. The number of hydrogen-bond acceptors (Lipinski definition) is 2. The molecule has 1 aromatic heterocycles. The average molecular weight is 260 g/mol. The lowest BCUT2D eigenvalue weighted by Gasteiger charge is -2.06. The Morgan fingerprint density at radius 1 is 1.35 bits per heavy atom. The van der Waals surface area contributed by atoms with Gasteiger partial charge in [-0.3, -0.25) is 0 Å². The van der Waals surface area contributed by atoms with Crippen LogP contribution in [0.1, 0.15) is 20.8 Å². The fourth-order valence-electron chi connectivity index (χ4n) is 1.64. The maximum Gasteiger partial charge on any atom is 0.418 e. The van der Waals surface area contributed by atoms with E-state index >= 15 is 0 Å². The van der Waals surface area contributed by atoms with Crippen molar-refractivity contribution in [3.05, 3.63) is 34.2 Å². The van der Waals surface area contributed by atoms with Crippen LogP contribution < -0.4 is 0 Å². The Morgan fingerprint density at radius 2 is 2.00 bits per heavy atom. The molecule has 6 heteroatoms. The monoisotopic (exact) mass is 260 g/mol. The minimum Gasteiger partial charge on any atom is -0.477 e. The van der Waals surface area contributed by atoms with Gasteiger partial charge in [-0.1, -0.05) is 12.1 Å². The summed E-state index contributed by atoms with van der Waals surface area (Å²) in [6, 6.07) is 4.41. The van der Waals surface area contributed by atoms with Gasteiger partial charge in [-0.25, -0.2) is 4.79 Å². The van der Waals surface area contributed by atoms with Gasteiger partial charge in [0.15, 0.2) is 0 Å². The van der Waals surface area contributed by atoms with Crippen molar-refractivity contribution in [3.8, 4) is 0 Å². The van der Waals surface area contributed by atoms with Crippen LogP contribution in [0.2, 0.25) is 0 Å². The van der Waals surface area contributed by atoms with E-state index in [1.165, 1.54) is 12.1 Å². The molecule has 0 aliphatic rings. The summed E-state index contributed by atoms with van der Waals surface area (Å²) < 4.78 is 38.8. The Hall–Kier alpha value is -1.56. The van der Waals surface area contributed by atoms with E-state index in [1.807, 2.05) is 0 Å². The Labute approximate surface area is 98.3 Å². The number of aryl methyl sites for hydroxylation is 1. The number of carboxylic acid groups (broad SMARTS) is 1. The molecule has 0 radical (unpaired) electrons. The van der Waals surface area contributed by atoms with Crippen LogP contribution in [0.4, 0.5) is 13.2 Å². The number of halogens is 3. The predicted molar refractivity (Wildman–Crippen MR) is 58.5 cm³/mol. The van der Waals surface area contributed by atoms with Crippen molar-refractivity contribution in [1.29, 1.82) is 0 Å². The Bertz CT molecular complexity index is 599. The van der Waals surface area contributed by atoms with E-state index in [0.29, 0.717) is 16.0 Å². The maximum atomic E-state index is 12.8. The summed E-state index contributed by atoms with van der Waals surface area (Å²) in [5, 5.41) is 8.76. The first-order chi connectivity index (χ1) is 7.80. The van der Waals surface area contributed by atoms with E-state index in [4.69, 9.17) is 5.11 Å². The van der Waals surface area contributed by atoms with E-state index in [1.54, 1.807) is 13.0 Å². The Kier molecular flexibility index (Phi) is 2.61. The van der Waals surface area contributed by atoms with Crippen LogP contribution in [0.15, 0.2) is 18.2 Å². The van der Waals surface area contributed by atoms with Gasteiger partial charge in [0.25, 0.3) is 0 Å². The quantitative estimate of drug-likeness (QED) is 0.843. The number of alkyl halides is 3. The highest BCUT2D eigenvalue weighted by Gasteiger charge is 2.39. The largest absolute Gasteiger partial charge is 0.477 e. The summed E-state index contributed by atoms with van der Waals surface area (Å²) in [6.45, 7) is 1.74. The topological polar surface area (TPSA) is 37.3 Å². The van der Waals surface area contributed by atoms with Gasteiger partial charge in [-0.15, -0.1) is 11.3 Å². The lowest BCUT2D eigenvalue weighted by Crippen LogP contribution is -2.09. The van der Waals surface area contributed by atoms with Crippen molar-refractivity contribution >= 4 is 27.4 Å². The fraction of sp³-hybridized carbons (Fsp3) is 0.182. The van der Waals surface area contributed by atoms with Gasteiger partial charge in [0.05, 0.1) is 5.56 Å². The number of fused-ring (bicyclic) bond motifs is 1. The minimum atomic E-state index is -4.65. The van der Waals surface area contributed by atoms with Crippen LogP contribution in [0.5, 0.6) is 0 Å². The number of carboxylic acids is 1. The summed E-state index contributed by atoms with van der Waals surface area (Å²) in [6.07, 6.45) is -4.65. The van der Waals surface area contributed by atoms with Crippen LogP contribution in [0.25, 0.3) is 10.1 Å². The average Bonchev–Trinajstić information content (AvgIpc) is 2.55. The van der Waals surface area contributed by atoms with Crippen LogP contribution in [-0.4, -0.2) is 11.1 Å². The first-order valence-corrected chi connectivity index (χ1v) is 5.46. The molecule has 0 fully saturated rings. The minimum absolute atomic E-state index is 0.0505. The summed E-state index contributed by atoms with van der Waals surface area (Å²) in [4.78, 5) is 10.2. The highest BCUT2D eigenvalue weighted by Crippen LogP contribution is 2.42. The normalized spacial score (nSPS) is 12.0. The van der Waals surface area contributed by atoms with Gasteiger partial charge in [-0.05, 0) is 18.6 Å². The van der Waals surface area contributed by atoms with Crippen molar-refractivity contribution in [2.24, 2.45) is 0 Å². The van der Waals surface area contributed by atoms with Crippen LogP contribution >= 0.6 is 11.3 Å². The van der Waals surface area contributed by atoms with Crippen LogP contribution in [0, 0.1) is 6.92 Å². The van der Waals surface area contributed by atoms with Crippen molar-refractivity contribution in [3.63, 3.8) is 0 Å². The molecule has 1 aromatic carbocycles. The molecule has 0 unspecified atom stereocenters. The Morgan fingerprint density at radius 3 is 2.53 bits per heavy atom. The molecule has 0 aliphatic heterocycles. The molecule has 0 spiro atoms. The second-order valence-corrected chi connectivity index (χ2v) is 4.66. The highest BCUT2D eigenvalue weighted by atomic mass is 32.1. The first-order valence-electron chi connectivity index (χ1n) is 4.64. The number of benzene rings is 1. The molecular formula is C11H7F3O2S. The molecular weight excluding hydrogens is 253 g/mol. The summed E-state index contributed by atoms with van der Waals surface area (Å²) in [7, 11) is 0. The second kappa shape index (κ2) is 3.73. The first kappa shape index (κ1) is 11.9. The van der Waals surface area contributed by atoms with Crippen molar-refractivity contribution < 1.29 is 23.1 Å². The fourth-order valence-corrected chi connectivity index (χ4v) is 2.80. The second-order valence-electron chi connectivity index (χ2n) is 3.61. The van der Waals surface area contributed by atoms with Gasteiger partial charge in [-0.2, -0.15) is 13.2 Å². The van der Waals surface area contributed by atoms with Gasteiger partial charge in [0.2, 0.25) is 0 Å². The van der Waals surface area contributed by atoms with Crippen LogP contribution in [-0.2, 0) is 6.18 Å². The third-order valence-electron chi connectivity index (χ3n) is 2.32. The molecule has 0 saturated carbocycles. The zero-order valence-electron chi connectivity index (χ0n) is 8.63. The number of hydrogen-bond donors (Lipinski definition) is 1. The summed E-state index contributed by atoms with van der Waals surface area (Å²) >= 11 is 0.653. The molecule has 0 atom stereocenters. The van der Waals surface area contributed by atoms with Crippen molar-refractivity contribution in [2.45, 2.75) is 13.1 Å². The van der Waals surface area contributed by atoms with Crippen LogP contribution in [0.3, 0.4) is 0 Å². The summed E-state index contributed by atoms with van der Waals surface area (Å²) in [5.74, 6) is -1.55. The molecule has 2 rings (SSSR count). The smallest absolute Gasteiger partial charge is 0.418 e. The van der Waals surface area contributed by atoms with Gasteiger partial charge < -0.3 is 5.11 Å². The standard InChI is InChI=1S/C11H7F3O2S/c1-5-2-3-6-7(4-5)17-9(10(15)16)8(6)11(12,13)14/h2-4H,1H3,(H,15,16). The molecule has 1 heterocycles. The number of thiophene rings is 1. The molecule has 17 heavy (non-hydrogen) atoms. The molecule has 0 aliphatic carbocycles. The van der Waals surface area contributed by atoms with E-state index in [9.17, 15) is 18.0 Å². The molecule has 1 N–H and O–H groups in total. The van der Waals surface area contributed by atoms with Crippen molar-refractivity contribution in [1.82, 2.24) is 0 Å². The number of aromatic carboxylic acids is 1. The molecule has 0 amide bonds. The SMILES string of the molecule is Cc1ccc2c(C(F)(F)F)c(C(=O)O)sc2c1. The lowest BCUT2D eigenvalue weighted by molar-refractivity contribution is -0.136. The zero-order valence-corrected chi connectivity index (χ0v) is 9.45. The lowest BCUT2D eigenvalue weighted by atomic mass is 10.1. The third kappa shape index (κ3) is 2.00. The third-order valence-corrected chi connectivity index (χ3v) is 3.46. The van der Waals surface area contributed by atoms with Gasteiger partial charge in [0, 0.05) is 10.1 Å². The highest BCUT2D eigenvalue weighted by molar-refractivity contribution is 7.21. The predicted octanol–water partition coefficient (Wildman–Crippen LogP) is 3.93. The number of carbonyl (C=O) groups is 1. The molecule has 2 nitrogen and oxygen atoms in total. The molecule has 0 bridgehead atoms. The van der Waals surface area contributed by atoms with E-state index in [2.05, 4.69) is 0 Å². The summed E-state index contributed by atoms with van der Waals surface area (Å²) in [5.41, 5.74) is -0.255.